The minimum Gasteiger partial charge on any atom is -0.394 e. The summed E-state index contributed by atoms with van der Waals surface area (Å²) in [5, 5.41) is 12.4. The lowest BCUT2D eigenvalue weighted by Crippen LogP contribution is -2.59. The van der Waals surface area contributed by atoms with Gasteiger partial charge in [0.05, 0.1) is 12.6 Å². The van der Waals surface area contributed by atoms with Crippen LogP contribution >= 0.6 is 0 Å². The molecule has 0 fully saturated rings. The van der Waals surface area contributed by atoms with Crippen LogP contribution in [0.2, 0.25) is 0 Å². The maximum atomic E-state index is 14.2. The average molecular weight is 337 g/mol. The number of rotatable bonds is 6. The van der Waals surface area contributed by atoms with Crippen molar-refractivity contribution in [1.82, 2.24) is 5.32 Å². The maximum Gasteiger partial charge on any atom is 0.411 e. The summed E-state index contributed by atoms with van der Waals surface area (Å²) in [6.45, 7) is 2.64. The van der Waals surface area contributed by atoms with Crippen LogP contribution in [0.25, 0.3) is 0 Å². The van der Waals surface area contributed by atoms with E-state index in [4.69, 9.17) is 0 Å². The molecule has 0 aliphatic carbocycles. The molecule has 0 amide bonds. The van der Waals surface area contributed by atoms with Crippen molar-refractivity contribution in [3.8, 4) is 0 Å². The Hall–Kier alpha value is -1.85. The van der Waals surface area contributed by atoms with Crippen LogP contribution in [-0.2, 0) is 5.54 Å². The zero-order valence-electron chi connectivity index (χ0n) is 13.7. The Morgan fingerprint density at radius 1 is 0.917 bits per heavy atom. The molecule has 2 aromatic rings. The van der Waals surface area contributed by atoms with Gasteiger partial charge in [-0.1, -0.05) is 74.5 Å². The number of benzene rings is 2. The van der Waals surface area contributed by atoms with Gasteiger partial charge in [0.25, 0.3) is 0 Å². The summed E-state index contributed by atoms with van der Waals surface area (Å²) in [5.74, 6) is -0.766. The van der Waals surface area contributed by atoms with Gasteiger partial charge < -0.3 is 5.11 Å². The summed E-state index contributed by atoms with van der Waals surface area (Å²) in [4.78, 5) is 0. The van der Waals surface area contributed by atoms with Gasteiger partial charge in [0.1, 0.15) is 5.54 Å². The molecule has 2 atom stereocenters. The SMILES string of the molecule is CC(C)[C@@](N[C@@H](CO)c1ccccc1)(c1ccccc1)C(F)(F)F. The van der Waals surface area contributed by atoms with Crippen LogP contribution in [0.15, 0.2) is 60.7 Å². The molecule has 2 rings (SSSR count). The lowest BCUT2D eigenvalue weighted by molar-refractivity contribution is -0.218. The highest BCUT2D eigenvalue weighted by molar-refractivity contribution is 5.29. The molecule has 130 valence electrons. The van der Waals surface area contributed by atoms with Gasteiger partial charge in [-0.3, -0.25) is 5.32 Å². The monoisotopic (exact) mass is 337 g/mol. The highest BCUT2D eigenvalue weighted by Crippen LogP contribution is 2.45. The van der Waals surface area contributed by atoms with E-state index < -0.39 is 30.3 Å². The van der Waals surface area contributed by atoms with Gasteiger partial charge in [0.15, 0.2) is 0 Å². The van der Waals surface area contributed by atoms with E-state index in [1.54, 1.807) is 48.5 Å². The van der Waals surface area contributed by atoms with Gasteiger partial charge in [-0.05, 0) is 17.0 Å². The highest BCUT2D eigenvalue weighted by atomic mass is 19.4. The lowest BCUT2D eigenvalue weighted by Gasteiger charge is -2.43. The number of nitrogens with one attached hydrogen (secondary N) is 1. The van der Waals surface area contributed by atoms with Crippen molar-refractivity contribution < 1.29 is 18.3 Å². The van der Waals surface area contributed by atoms with Crippen LogP contribution < -0.4 is 5.32 Å². The lowest BCUT2D eigenvalue weighted by atomic mass is 9.78. The molecule has 2 nitrogen and oxygen atoms in total. The van der Waals surface area contributed by atoms with Crippen molar-refractivity contribution in [2.24, 2.45) is 5.92 Å². The predicted octanol–water partition coefficient (Wildman–Crippen LogP) is 4.42. The predicted molar refractivity (Wildman–Crippen MR) is 88.4 cm³/mol. The quantitative estimate of drug-likeness (QED) is 0.818. The standard InChI is InChI=1S/C19H22F3NO/c1-14(2)18(19(20,21)22,16-11-7-4-8-12-16)23-17(13-24)15-9-5-3-6-10-15/h3-12,14,17,23-24H,13H2,1-2H3/t17-,18+/m0/s1. The summed E-state index contributed by atoms with van der Waals surface area (Å²) in [6.07, 6.45) is -4.52. The minimum absolute atomic E-state index is 0.141. The average Bonchev–Trinajstić information content (AvgIpc) is 2.56. The summed E-state index contributed by atoms with van der Waals surface area (Å²) in [6, 6.07) is 15.7. The fourth-order valence-corrected chi connectivity index (χ4v) is 3.05. The van der Waals surface area contributed by atoms with Crippen LogP contribution in [0.1, 0.15) is 31.0 Å². The third kappa shape index (κ3) is 3.47. The fraction of sp³-hybridized carbons (Fsp3) is 0.368. The second kappa shape index (κ2) is 7.36. The van der Waals surface area contributed by atoms with Crippen LogP contribution in [0.5, 0.6) is 0 Å². The number of hydrogen-bond donors (Lipinski definition) is 2. The summed E-state index contributed by atoms with van der Waals surface area (Å²) < 4.78 is 42.5. The van der Waals surface area contributed by atoms with Gasteiger partial charge in [-0.25, -0.2) is 0 Å². The number of aliphatic hydroxyl groups is 1. The van der Waals surface area contributed by atoms with Crippen molar-refractivity contribution in [2.75, 3.05) is 6.61 Å². The first-order valence-electron chi connectivity index (χ1n) is 7.88. The largest absolute Gasteiger partial charge is 0.411 e. The molecule has 24 heavy (non-hydrogen) atoms. The highest BCUT2D eigenvalue weighted by Gasteiger charge is 2.58. The molecule has 5 heteroatoms. The molecular formula is C19H22F3NO. The number of hydrogen-bond acceptors (Lipinski definition) is 2. The third-order valence-electron chi connectivity index (χ3n) is 4.33. The molecule has 0 aliphatic rings. The first kappa shape index (κ1) is 18.5. The first-order valence-corrected chi connectivity index (χ1v) is 7.88. The van der Waals surface area contributed by atoms with E-state index in [9.17, 15) is 18.3 Å². The smallest absolute Gasteiger partial charge is 0.394 e. The van der Waals surface area contributed by atoms with E-state index in [0.717, 1.165) is 0 Å². The van der Waals surface area contributed by atoms with E-state index in [2.05, 4.69) is 5.32 Å². The Bertz CT molecular complexity index is 628. The Morgan fingerprint density at radius 3 is 1.83 bits per heavy atom. The van der Waals surface area contributed by atoms with Gasteiger partial charge in [-0.2, -0.15) is 13.2 Å². The van der Waals surface area contributed by atoms with Gasteiger partial charge in [0, 0.05) is 0 Å². The van der Waals surface area contributed by atoms with E-state index in [-0.39, 0.29) is 5.56 Å². The molecule has 0 heterocycles. The van der Waals surface area contributed by atoms with Crippen molar-refractivity contribution in [1.29, 1.82) is 0 Å². The third-order valence-corrected chi connectivity index (χ3v) is 4.33. The molecule has 2 N–H and O–H groups in total. The molecule has 0 bridgehead atoms. The van der Waals surface area contributed by atoms with E-state index >= 15 is 0 Å². The van der Waals surface area contributed by atoms with Crippen molar-refractivity contribution in [2.45, 2.75) is 31.6 Å². The van der Waals surface area contributed by atoms with E-state index in [0.29, 0.717) is 5.56 Å². The molecule has 0 spiro atoms. The van der Waals surface area contributed by atoms with E-state index in [1.165, 1.54) is 26.0 Å². The Labute approximate surface area is 140 Å². The second-order valence-corrected chi connectivity index (χ2v) is 6.12. The van der Waals surface area contributed by atoms with Crippen LogP contribution in [0, 0.1) is 5.92 Å². The molecule has 0 saturated carbocycles. The summed E-state index contributed by atoms with van der Waals surface area (Å²) in [7, 11) is 0. The Balaban J connectivity index is 2.54. The van der Waals surface area contributed by atoms with Crippen molar-refractivity contribution in [3.05, 3.63) is 71.8 Å². The van der Waals surface area contributed by atoms with Crippen LogP contribution in [-0.4, -0.2) is 17.9 Å². The normalized spacial score (nSPS) is 16.0. The minimum atomic E-state index is -4.52. The second-order valence-electron chi connectivity index (χ2n) is 6.12. The van der Waals surface area contributed by atoms with Crippen molar-refractivity contribution in [3.63, 3.8) is 0 Å². The number of alkyl halides is 3. The maximum absolute atomic E-state index is 14.2. The topological polar surface area (TPSA) is 32.3 Å². The number of halogens is 3. The van der Waals surface area contributed by atoms with Gasteiger partial charge >= 0.3 is 6.18 Å². The van der Waals surface area contributed by atoms with Crippen LogP contribution in [0.3, 0.4) is 0 Å². The van der Waals surface area contributed by atoms with Gasteiger partial charge in [-0.15, -0.1) is 0 Å². The number of aliphatic hydroxyl groups excluding tert-OH is 1. The zero-order chi connectivity index (χ0) is 17.8. The van der Waals surface area contributed by atoms with E-state index in [1.807, 2.05) is 0 Å². The van der Waals surface area contributed by atoms with Crippen molar-refractivity contribution >= 4 is 0 Å². The summed E-state index contributed by atoms with van der Waals surface area (Å²) in [5.41, 5.74) is -1.50. The molecule has 2 aromatic carbocycles. The Morgan fingerprint density at radius 2 is 1.42 bits per heavy atom. The molecule has 0 aliphatic heterocycles. The van der Waals surface area contributed by atoms with Crippen LogP contribution in [0.4, 0.5) is 13.2 Å². The van der Waals surface area contributed by atoms with Gasteiger partial charge in [0.2, 0.25) is 0 Å². The Kier molecular flexibility index (Phi) is 5.67. The molecule has 0 aromatic heterocycles. The zero-order valence-corrected chi connectivity index (χ0v) is 13.7. The molecular weight excluding hydrogens is 315 g/mol. The summed E-state index contributed by atoms with van der Waals surface area (Å²) >= 11 is 0. The molecule has 0 unspecified atom stereocenters. The fourth-order valence-electron chi connectivity index (χ4n) is 3.05. The molecule has 0 saturated heterocycles. The first-order chi connectivity index (χ1) is 11.3. The molecule has 0 radical (unpaired) electrons.